The first kappa shape index (κ1) is 26.4. The van der Waals surface area contributed by atoms with Crippen LogP contribution in [0.3, 0.4) is 0 Å². The summed E-state index contributed by atoms with van der Waals surface area (Å²) >= 11 is 0. The SMILES string of the molecule is CC(=O)c1c[nH]c2ccc(C#Cc3ccc(N4CCN(S(=O)(=O)N[C@@H](C(=O)O)C(C)C)CC4)cc3)cc12. The molecule has 2 aromatic carbocycles. The molecular weight excluding hydrogens is 492 g/mol. The molecule has 1 aliphatic rings. The van der Waals surface area contributed by atoms with E-state index in [2.05, 4.69) is 26.4 Å². The molecule has 0 bridgehead atoms. The molecule has 1 atom stereocenters. The monoisotopic (exact) mass is 522 g/mol. The Labute approximate surface area is 216 Å². The second kappa shape index (κ2) is 10.8. The van der Waals surface area contributed by atoms with Gasteiger partial charge < -0.3 is 15.0 Å². The van der Waals surface area contributed by atoms with E-state index in [1.165, 1.54) is 4.31 Å². The number of aliphatic carboxylic acids is 1. The molecule has 3 aromatic rings. The summed E-state index contributed by atoms with van der Waals surface area (Å²) in [6.45, 7) is 6.35. The van der Waals surface area contributed by atoms with Crippen LogP contribution in [0.15, 0.2) is 48.7 Å². The normalized spacial score (nSPS) is 15.4. The highest BCUT2D eigenvalue weighted by Crippen LogP contribution is 2.21. The number of hydrogen-bond acceptors (Lipinski definition) is 5. The molecule has 3 N–H and O–H groups in total. The van der Waals surface area contributed by atoms with Gasteiger partial charge in [-0.25, -0.2) is 0 Å². The summed E-state index contributed by atoms with van der Waals surface area (Å²) in [4.78, 5) is 28.4. The Morgan fingerprint density at radius 2 is 1.62 bits per heavy atom. The van der Waals surface area contributed by atoms with Gasteiger partial charge in [-0.1, -0.05) is 25.7 Å². The molecule has 37 heavy (non-hydrogen) atoms. The lowest BCUT2D eigenvalue weighted by Crippen LogP contribution is -2.55. The maximum Gasteiger partial charge on any atom is 0.322 e. The molecule has 1 saturated heterocycles. The van der Waals surface area contributed by atoms with Crippen LogP contribution in [-0.4, -0.2) is 66.8 Å². The molecule has 0 spiro atoms. The average Bonchev–Trinajstić information content (AvgIpc) is 3.30. The van der Waals surface area contributed by atoms with Gasteiger partial charge in [0.1, 0.15) is 6.04 Å². The molecule has 9 nitrogen and oxygen atoms in total. The van der Waals surface area contributed by atoms with E-state index in [4.69, 9.17) is 0 Å². The number of fused-ring (bicyclic) bond motifs is 1. The Morgan fingerprint density at radius 3 is 2.22 bits per heavy atom. The van der Waals surface area contributed by atoms with Crippen molar-refractivity contribution in [2.24, 2.45) is 5.92 Å². The number of anilines is 1. The van der Waals surface area contributed by atoms with Crippen LogP contribution in [-0.2, 0) is 15.0 Å². The Morgan fingerprint density at radius 1 is 1.00 bits per heavy atom. The quantitative estimate of drug-likeness (QED) is 0.324. The van der Waals surface area contributed by atoms with E-state index in [0.717, 1.165) is 27.7 Å². The lowest BCUT2D eigenvalue weighted by atomic mass is 10.1. The number of H-pyrrole nitrogens is 1. The van der Waals surface area contributed by atoms with Crippen LogP contribution in [0.25, 0.3) is 10.9 Å². The number of carbonyl (C=O) groups is 2. The van der Waals surface area contributed by atoms with Gasteiger partial charge in [0.05, 0.1) is 0 Å². The molecule has 2 heterocycles. The van der Waals surface area contributed by atoms with Gasteiger partial charge in [-0.15, -0.1) is 0 Å². The number of piperazine rings is 1. The van der Waals surface area contributed by atoms with Gasteiger partial charge in [0.15, 0.2) is 5.78 Å². The first-order chi connectivity index (χ1) is 17.5. The fraction of sp³-hybridized carbons (Fsp3) is 0.333. The molecule has 1 aromatic heterocycles. The van der Waals surface area contributed by atoms with E-state index in [-0.39, 0.29) is 24.8 Å². The predicted octanol–water partition coefficient (Wildman–Crippen LogP) is 2.84. The van der Waals surface area contributed by atoms with Crippen molar-refractivity contribution >= 4 is 38.6 Å². The zero-order valence-electron chi connectivity index (χ0n) is 21.0. The fourth-order valence-electron chi connectivity index (χ4n) is 4.28. The summed E-state index contributed by atoms with van der Waals surface area (Å²) in [5.74, 6) is 4.75. The molecule has 0 saturated carbocycles. The molecule has 0 amide bonds. The van der Waals surface area contributed by atoms with E-state index in [0.29, 0.717) is 18.7 Å². The van der Waals surface area contributed by atoms with Crippen molar-refractivity contribution in [3.05, 3.63) is 65.4 Å². The van der Waals surface area contributed by atoms with Gasteiger partial charge in [-0.3, -0.25) is 9.59 Å². The van der Waals surface area contributed by atoms with Crippen LogP contribution in [0, 0.1) is 17.8 Å². The minimum atomic E-state index is -3.90. The lowest BCUT2D eigenvalue weighted by Gasteiger charge is -2.36. The summed E-state index contributed by atoms with van der Waals surface area (Å²) in [5, 5.41) is 10.2. The molecular formula is C27H30N4O5S. The Bertz CT molecular complexity index is 1470. The van der Waals surface area contributed by atoms with Crippen LogP contribution in [0.5, 0.6) is 0 Å². The van der Waals surface area contributed by atoms with Crippen LogP contribution in [0.4, 0.5) is 5.69 Å². The molecule has 0 radical (unpaired) electrons. The highest BCUT2D eigenvalue weighted by Gasteiger charge is 2.32. The van der Waals surface area contributed by atoms with E-state index in [1.807, 2.05) is 42.5 Å². The van der Waals surface area contributed by atoms with Crippen LogP contribution >= 0.6 is 0 Å². The van der Waals surface area contributed by atoms with Gasteiger partial charge in [-0.05, 0) is 55.3 Å². The number of nitrogens with one attached hydrogen (secondary N) is 2. The number of rotatable bonds is 7. The minimum absolute atomic E-state index is 0.00153. The van der Waals surface area contributed by atoms with Crippen molar-refractivity contribution in [2.45, 2.75) is 26.8 Å². The largest absolute Gasteiger partial charge is 0.480 e. The number of benzene rings is 2. The zero-order chi connectivity index (χ0) is 26.7. The zero-order valence-corrected chi connectivity index (χ0v) is 21.8. The van der Waals surface area contributed by atoms with Crippen molar-refractivity contribution < 1.29 is 23.1 Å². The summed E-state index contributed by atoms with van der Waals surface area (Å²) in [5.41, 5.74) is 4.15. The highest BCUT2D eigenvalue weighted by molar-refractivity contribution is 7.87. The number of nitrogens with zero attached hydrogens (tertiary/aromatic N) is 2. The van der Waals surface area contributed by atoms with Crippen molar-refractivity contribution in [3.63, 3.8) is 0 Å². The van der Waals surface area contributed by atoms with Gasteiger partial charge in [0, 0.05) is 65.7 Å². The number of ketones is 1. The van der Waals surface area contributed by atoms with Crippen LogP contribution in [0.1, 0.15) is 42.3 Å². The first-order valence-electron chi connectivity index (χ1n) is 12.0. The number of carboxylic acids is 1. The Kier molecular flexibility index (Phi) is 7.68. The average molecular weight is 523 g/mol. The molecule has 194 valence electrons. The first-order valence-corrected chi connectivity index (χ1v) is 13.5. The van der Waals surface area contributed by atoms with Crippen molar-refractivity contribution in [1.29, 1.82) is 0 Å². The van der Waals surface area contributed by atoms with E-state index in [1.54, 1.807) is 27.0 Å². The molecule has 0 aliphatic carbocycles. The number of aromatic nitrogens is 1. The maximum absolute atomic E-state index is 12.7. The number of aromatic amines is 1. The minimum Gasteiger partial charge on any atom is -0.480 e. The third kappa shape index (κ3) is 6.02. The van der Waals surface area contributed by atoms with Gasteiger partial charge in [0.25, 0.3) is 10.2 Å². The maximum atomic E-state index is 12.7. The summed E-state index contributed by atoms with van der Waals surface area (Å²) in [6, 6.07) is 12.3. The van der Waals surface area contributed by atoms with Crippen molar-refractivity contribution in [3.8, 4) is 11.8 Å². The lowest BCUT2D eigenvalue weighted by molar-refractivity contribution is -0.140. The number of carbonyl (C=O) groups excluding carboxylic acids is 1. The van der Waals surface area contributed by atoms with Gasteiger partial charge in [0.2, 0.25) is 0 Å². The van der Waals surface area contributed by atoms with E-state index in [9.17, 15) is 23.1 Å². The fourth-order valence-corrected chi connectivity index (χ4v) is 5.77. The summed E-state index contributed by atoms with van der Waals surface area (Å²) in [7, 11) is -3.90. The summed E-state index contributed by atoms with van der Waals surface area (Å²) in [6.07, 6.45) is 1.72. The Hall–Kier alpha value is -3.65. The second-order valence-electron chi connectivity index (χ2n) is 9.38. The summed E-state index contributed by atoms with van der Waals surface area (Å²) < 4.78 is 29.0. The van der Waals surface area contributed by atoms with Gasteiger partial charge in [-0.2, -0.15) is 17.4 Å². The smallest absolute Gasteiger partial charge is 0.322 e. The number of Topliss-reactive ketones (excluding diaryl/α,β-unsaturated/α-hetero) is 1. The third-order valence-corrected chi connectivity index (χ3v) is 8.03. The van der Waals surface area contributed by atoms with Crippen molar-refractivity contribution in [2.75, 3.05) is 31.1 Å². The van der Waals surface area contributed by atoms with E-state index >= 15 is 0 Å². The third-order valence-electron chi connectivity index (χ3n) is 6.43. The molecule has 4 rings (SSSR count). The van der Waals surface area contributed by atoms with Crippen LogP contribution in [0.2, 0.25) is 0 Å². The second-order valence-corrected chi connectivity index (χ2v) is 11.1. The number of hydrogen-bond donors (Lipinski definition) is 3. The van der Waals surface area contributed by atoms with E-state index < -0.39 is 22.2 Å². The van der Waals surface area contributed by atoms with Crippen LogP contribution < -0.4 is 9.62 Å². The highest BCUT2D eigenvalue weighted by atomic mass is 32.2. The molecule has 0 unspecified atom stereocenters. The van der Waals surface area contributed by atoms with Crippen molar-refractivity contribution in [1.82, 2.24) is 14.0 Å². The number of carboxylic acid groups (broad SMARTS) is 1. The standard InChI is InChI=1S/C27H30N4O5S/c1-18(2)26(27(33)34)29-37(35,36)31-14-12-30(13-15-31)22-9-6-20(7-10-22)4-5-21-8-11-25-23(16-21)24(17-28-25)19(3)32/h6-11,16-18,26,28-29H,12-15H2,1-3H3,(H,33,34)/t26-/m1/s1. The predicted molar refractivity (Wildman–Crippen MR) is 143 cm³/mol. The molecule has 1 aliphatic heterocycles. The van der Waals surface area contributed by atoms with Gasteiger partial charge >= 0.3 is 5.97 Å². The topological polar surface area (TPSA) is 123 Å². The molecule has 1 fully saturated rings. The molecule has 10 heteroatoms. The Balaban J connectivity index is 1.39.